The molecule has 0 atom stereocenters. The number of hydrogen-bond donors (Lipinski definition) is 1. The summed E-state index contributed by atoms with van der Waals surface area (Å²) in [4.78, 5) is 6.37. The van der Waals surface area contributed by atoms with Crippen molar-refractivity contribution >= 4 is 27.4 Å². The lowest BCUT2D eigenvalue weighted by molar-refractivity contribution is 0.898. The third-order valence-electron chi connectivity index (χ3n) is 2.47. The molecule has 0 radical (unpaired) electrons. The monoisotopic (exact) mass is 291 g/mol. The van der Waals surface area contributed by atoms with Gasteiger partial charge in [-0.2, -0.15) is 0 Å². The number of aromatic nitrogens is 1. The molecule has 1 heterocycles. The second-order valence-electron chi connectivity index (χ2n) is 3.94. The van der Waals surface area contributed by atoms with Gasteiger partial charge < -0.3 is 10.6 Å². The minimum atomic E-state index is 0.685. The van der Waals surface area contributed by atoms with E-state index < -0.39 is 0 Å². The van der Waals surface area contributed by atoms with Gasteiger partial charge in [0, 0.05) is 18.1 Å². The van der Waals surface area contributed by atoms with E-state index in [1.807, 2.05) is 31.3 Å². The third kappa shape index (κ3) is 3.20. The van der Waals surface area contributed by atoms with Crippen molar-refractivity contribution in [2.45, 2.75) is 6.54 Å². The molecule has 1 aromatic heterocycles. The summed E-state index contributed by atoms with van der Waals surface area (Å²) in [5, 5.41) is 0. The van der Waals surface area contributed by atoms with Gasteiger partial charge in [0.15, 0.2) is 0 Å². The quantitative estimate of drug-likeness (QED) is 0.945. The second-order valence-corrected chi connectivity index (χ2v) is 4.85. The molecule has 1 aromatic carbocycles. The van der Waals surface area contributed by atoms with E-state index in [1.165, 1.54) is 5.56 Å². The Morgan fingerprint density at radius 1 is 1.29 bits per heavy atom. The summed E-state index contributed by atoms with van der Waals surface area (Å²) >= 11 is 3.47. The molecular formula is C13H14BrN3. The van der Waals surface area contributed by atoms with E-state index in [2.05, 4.69) is 37.9 Å². The van der Waals surface area contributed by atoms with Gasteiger partial charge in [0.25, 0.3) is 0 Å². The Labute approximate surface area is 109 Å². The lowest BCUT2D eigenvalue weighted by Crippen LogP contribution is -2.17. The Morgan fingerprint density at radius 3 is 2.76 bits per heavy atom. The van der Waals surface area contributed by atoms with Crippen LogP contribution in [0, 0.1) is 0 Å². The summed E-state index contributed by atoms with van der Waals surface area (Å²) in [6, 6.07) is 12.0. The first-order valence-electron chi connectivity index (χ1n) is 5.32. The molecule has 3 nitrogen and oxygen atoms in total. The van der Waals surface area contributed by atoms with Crippen LogP contribution >= 0.6 is 15.9 Å². The van der Waals surface area contributed by atoms with E-state index in [9.17, 15) is 0 Å². The van der Waals surface area contributed by atoms with Gasteiger partial charge in [0.05, 0.1) is 11.9 Å². The van der Waals surface area contributed by atoms with E-state index in [0.717, 1.165) is 16.8 Å². The summed E-state index contributed by atoms with van der Waals surface area (Å²) in [6.07, 6.45) is 1.67. The maximum Gasteiger partial charge on any atom is 0.128 e. The molecule has 0 bridgehead atoms. The van der Waals surface area contributed by atoms with Crippen molar-refractivity contribution in [1.29, 1.82) is 0 Å². The molecule has 88 valence electrons. The fourth-order valence-corrected chi connectivity index (χ4v) is 2.06. The Bertz CT molecular complexity index is 496. The molecule has 0 saturated heterocycles. The highest BCUT2D eigenvalue weighted by Gasteiger charge is 2.03. The van der Waals surface area contributed by atoms with Crippen molar-refractivity contribution < 1.29 is 0 Å². The zero-order chi connectivity index (χ0) is 12.3. The van der Waals surface area contributed by atoms with Gasteiger partial charge in [0.1, 0.15) is 5.82 Å². The van der Waals surface area contributed by atoms with Crippen LogP contribution in [0.5, 0.6) is 0 Å². The van der Waals surface area contributed by atoms with E-state index in [-0.39, 0.29) is 0 Å². The van der Waals surface area contributed by atoms with Crippen molar-refractivity contribution in [2.24, 2.45) is 0 Å². The zero-order valence-electron chi connectivity index (χ0n) is 9.60. The summed E-state index contributed by atoms with van der Waals surface area (Å²) in [5.41, 5.74) is 7.53. The topological polar surface area (TPSA) is 42.1 Å². The molecule has 0 saturated carbocycles. The molecule has 2 N–H and O–H groups in total. The molecule has 4 heteroatoms. The smallest absolute Gasteiger partial charge is 0.128 e. The Morgan fingerprint density at radius 2 is 2.12 bits per heavy atom. The predicted molar refractivity (Wildman–Crippen MR) is 74.9 cm³/mol. The Hall–Kier alpha value is -1.55. The van der Waals surface area contributed by atoms with Gasteiger partial charge in [-0.1, -0.05) is 28.1 Å². The SMILES string of the molecule is CN(Cc1cccc(Br)c1)c1ccc(N)cn1. The number of anilines is 2. The minimum Gasteiger partial charge on any atom is -0.397 e. The Kier molecular flexibility index (Phi) is 3.64. The van der Waals surface area contributed by atoms with Gasteiger partial charge >= 0.3 is 0 Å². The lowest BCUT2D eigenvalue weighted by atomic mass is 10.2. The van der Waals surface area contributed by atoms with Gasteiger partial charge in [-0.05, 0) is 29.8 Å². The molecule has 0 amide bonds. The molecule has 17 heavy (non-hydrogen) atoms. The Balaban J connectivity index is 2.11. The van der Waals surface area contributed by atoms with Crippen LogP contribution < -0.4 is 10.6 Å². The van der Waals surface area contributed by atoms with Crippen molar-refractivity contribution in [3.05, 3.63) is 52.6 Å². The first-order valence-corrected chi connectivity index (χ1v) is 6.11. The molecule has 0 fully saturated rings. The van der Waals surface area contributed by atoms with Crippen molar-refractivity contribution in [3.63, 3.8) is 0 Å². The average Bonchev–Trinajstić information content (AvgIpc) is 2.29. The molecule has 0 spiro atoms. The summed E-state index contributed by atoms with van der Waals surface area (Å²) in [6.45, 7) is 0.816. The summed E-state index contributed by atoms with van der Waals surface area (Å²) in [7, 11) is 2.01. The van der Waals surface area contributed by atoms with Crippen LogP contribution in [0.15, 0.2) is 47.1 Å². The fourth-order valence-electron chi connectivity index (χ4n) is 1.61. The number of halogens is 1. The number of nitrogens with two attached hydrogens (primary N) is 1. The molecule has 2 aromatic rings. The molecule has 0 aliphatic heterocycles. The number of rotatable bonds is 3. The predicted octanol–water partition coefficient (Wildman–Crippen LogP) is 3.06. The zero-order valence-corrected chi connectivity index (χ0v) is 11.2. The number of benzene rings is 1. The standard InChI is InChI=1S/C13H14BrN3/c1-17(13-6-5-12(15)8-16-13)9-10-3-2-4-11(14)7-10/h2-8H,9,15H2,1H3. The third-order valence-corrected chi connectivity index (χ3v) is 2.96. The highest BCUT2D eigenvalue weighted by atomic mass is 79.9. The number of pyridine rings is 1. The highest BCUT2D eigenvalue weighted by Crippen LogP contribution is 2.16. The van der Waals surface area contributed by atoms with Crippen LogP contribution in [-0.2, 0) is 6.54 Å². The first kappa shape index (κ1) is 11.9. The summed E-state index contributed by atoms with van der Waals surface area (Å²) < 4.78 is 1.09. The molecule has 0 aliphatic carbocycles. The maximum absolute atomic E-state index is 5.61. The van der Waals surface area contributed by atoms with Crippen LogP contribution in [0.4, 0.5) is 11.5 Å². The molecule has 2 rings (SSSR count). The van der Waals surface area contributed by atoms with Gasteiger partial charge in [0.2, 0.25) is 0 Å². The van der Waals surface area contributed by atoms with Crippen molar-refractivity contribution in [1.82, 2.24) is 4.98 Å². The highest BCUT2D eigenvalue weighted by molar-refractivity contribution is 9.10. The number of hydrogen-bond acceptors (Lipinski definition) is 3. The molecule has 0 aliphatic rings. The minimum absolute atomic E-state index is 0.685. The van der Waals surface area contributed by atoms with Crippen molar-refractivity contribution in [3.8, 4) is 0 Å². The van der Waals surface area contributed by atoms with Crippen LogP contribution in [0.1, 0.15) is 5.56 Å². The van der Waals surface area contributed by atoms with Crippen LogP contribution in [0.25, 0.3) is 0 Å². The maximum atomic E-state index is 5.61. The van der Waals surface area contributed by atoms with Crippen molar-refractivity contribution in [2.75, 3.05) is 17.7 Å². The van der Waals surface area contributed by atoms with Gasteiger partial charge in [-0.3, -0.25) is 0 Å². The lowest BCUT2D eigenvalue weighted by Gasteiger charge is -2.18. The van der Waals surface area contributed by atoms with E-state index >= 15 is 0 Å². The van der Waals surface area contributed by atoms with E-state index in [1.54, 1.807) is 6.20 Å². The molecular weight excluding hydrogens is 278 g/mol. The first-order chi connectivity index (χ1) is 8.15. The van der Waals surface area contributed by atoms with E-state index in [4.69, 9.17) is 5.73 Å². The van der Waals surface area contributed by atoms with Crippen LogP contribution in [0.2, 0.25) is 0 Å². The number of nitrogens with zero attached hydrogens (tertiary/aromatic N) is 2. The van der Waals surface area contributed by atoms with Crippen LogP contribution in [-0.4, -0.2) is 12.0 Å². The van der Waals surface area contributed by atoms with E-state index in [0.29, 0.717) is 5.69 Å². The number of nitrogen functional groups attached to an aromatic ring is 1. The fraction of sp³-hybridized carbons (Fsp3) is 0.154. The normalized spacial score (nSPS) is 10.2. The van der Waals surface area contributed by atoms with Crippen LogP contribution in [0.3, 0.4) is 0 Å². The largest absolute Gasteiger partial charge is 0.397 e. The average molecular weight is 292 g/mol. The van der Waals surface area contributed by atoms with Gasteiger partial charge in [-0.25, -0.2) is 4.98 Å². The second kappa shape index (κ2) is 5.19. The molecule has 0 unspecified atom stereocenters. The summed E-state index contributed by atoms with van der Waals surface area (Å²) in [5.74, 6) is 0.916. The van der Waals surface area contributed by atoms with Gasteiger partial charge in [-0.15, -0.1) is 0 Å².